The molecule has 8 heteroatoms. The maximum absolute atomic E-state index is 12.2. The van der Waals surface area contributed by atoms with Crippen molar-refractivity contribution in [2.45, 2.75) is 6.92 Å². The van der Waals surface area contributed by atoms with Crippen molar-refractivity contribution in [2.24, 2.45) is 0 Å². The first-order valence-corrected chi connectivity index (χ1v) is 9.14. The Morgan fingerprint density at radius 1 is 1.00 bits per heavy atom. The average molecular weight is 402 g/mol. The van der Waals surface area contributed by atoms with Crippen LogP contribution in [0.3, 0.4) is 0 Å². The van der Waals surface area contributed by atoms with Crippen molar-refractivity contribution in [3.05, 3.63) is 71.4 Å². The number of para-hydroxylation sites is 1. The molecule has 30 heavy (non-hydrogen) atoms. The van der Waals surface area contributed by atoms with E-state index >= 15 is 0 Å². The van der Waals surface area contributed by atoms with Crippen LogP contribution in [0.2, 0.25) is 0 Å². The van der Waals surface area contributed by atoms with Gasteiger partial charge < -0.3 is 4.74 Å². The first-order valence-electron chi connectivity index (χ1n) is 9.14. The van der Waals surface area contributed by atoms with Crippen LogP contribution in [0.4, 0.5) is 4.79 Å². The average Bonchev–Trinajstić information content (AvgIpc) is 3.15. The minimum atomic E-state index is -0.839. The van der Waals surface area contributed by atoms with Crippen molar-refractivity contribution in [3.63, 3.8) is 0 Å². The molecule has 4 amide bonds. The van der Waals surface area contributed by atoms with Crippen molar-refractivity contribution in [1.29, 1.82) is 0 Å². The van der Waals surface area contributed by atoms with Gasteiger partial charge in [-0.05, 0) is 48.9 Å². The molecule has 3 aromatic rings. The van der Waals surface area contributed by atoms with Gasteiger partial charge in [0.1, 0.15) is 17.0 Å². The molecule has 2 N–H and O–H groups in total. The summed E-state index contributed by atoms with van der Waals surface area (Å²) in [5.74, 6) is -0.801. The summed E-state index contributed by atoms with van der Waals surface area (Å²) in [4.78, 5) is 35.7. The van der Waals surface area contributed by atoms with E-state index in [2.05, 4.69) is 10.6 Å². The predicted octanol–water partition coefficient (Wildman–Crippen LogP) is 2.61. The molecule has 0 aliphatic carbocycles. The second kappa shape index (κ2) is 7.67. The smallest absolute Gasteiger partial charge is 0.328 e. The van der Waals surface area contributed by atoms with Gasteiger partial charge in [-0.2, -0.15) is 5.10 Å². The third-order valence-electron chi connectivity index (χ3n) is 4.70. The van der Waals surface area contributed by atoms with Crippen LogP contribution in [0.5, 0.6) is 5.75 Å². The number of rotatable bonds is 4. The van der Waals surface area contributed by atoms with Gasteiger partial charge in [-0.25, -0.2) is 9.48 Å². The van der Waals surface area contributed by atoms with E-state index in [-0.39, 0.29) is 5.57 Å². The predicted molar refractivity (Wildman–Crippen MR) is 110 cm³/mol. The van der Waals surface area contributed by atoms with Crippen LogP contribution < -0.4 is 15.4 Å². The van der Waals surface area contributed by atoms with E-state index < -0.39 is 17.8 Å². The highest BCUT2D eigenvalue weighted by Gasteiger charge is 2.28. The Labute approximate surface area is 172 Å². The summed E-state index contributed by atoms with van der Waals surface area (Å²) in [6, 6.07) is 14.2. The Balaban J connectivity index is 1.88. The number of aryl methyl sites for hydroxylation is 1. The molecule has 0 unspecified atom stereocenters. The molecule has 2 heterocycles. The van der Waals surface area contributed by atoms with Gasteiger partial charge in [-0.1, -0.05) is 18.2 Å². The van der Waals surface area contributed by atoms with E-state index in [9.17, 15) is 14.4 Å². The van der Waals surface area contributed by atoms with E-state index in [4.69, 9.17) is 9.84 Å². The first-order chi connectivity index (χ1) is 14.5. The monoisotopic (exact) mass is 402 g/mol. The Bertz CT molecular complexity index is 1170. The van der Waals surface area contributed by atoms with Crippen molar-refractivity contribution < 1.29 is 19.1 Å². The molecule has 1 fully saturated rings. The Morgan fingerprint density at radius 3 is 2.33 bits per heavy atom. The maximum atomic E-state index is 12.2. The summed E-state index contributed by atoms with van der Waals surface area (Å²) in [5.41, 5.74) is 3.53. The lowest BCUT2D eigenvalue weighted by Crippen LogP contribution is -2.51. The lowest BCUT2D eigenvalue weighted by Gasteiger charge is -2.14. The number of imide groups is 2. The minimum Gasteiger partial charge on any atom is -0.497 e. The second-order valence-corrected chi connectivity index (χ2v) is 6.69. The lowest BCUT2D eigenvalue weighted by atomic mass is 10.0. The number of nitrogens with zero attached hydrogens (tertiary/aromatic N) is 2. The quantitative estimate of drug-likeness (QED) is 0.516. The highest BCUT2D eigenvalue weighted by atomic mass is 16.5. The molecule has 1 aromatic heterocycles. The van der Waals surface area contributed by atoms with Gasteiger partial charge in [0.05, 0.1) is 12.8 Å². The number of hydrogen-bond donors (Lipinski definition) is 2. The van der Waals surface area contributed by atoms with Crippen molar-refractivity contribution >= 4 is 23.9 Å². The molecule has 1 aliphatic heterocycles. The standard InChI is InChI=1S/C22H18N4O4/c1-13-10-16(30-2)8-9-17(13)19-14(11-18-20(27)23-22(29)24-21(18)28)12-26(25-19)15-6-4-3-5-7-15/h3-12H,1-2H3,(H2,23,24,27,28,29). The zero-order valence-corrected chi connectivity index (χ0v) is 16.3. The second-order valence-electron chi connectivity index (χ2n) is 6.69. The Hall–Kier alpha value is -4.20. The summed E-state index contributed by atoms with van der Waals surface area (Å²) in [6.07, 6.45) is 3.17. The third kappa shape index (κ3) is 3.58. The molecule has 0 spiro atoms. The molecule has 1 saturated heterocycles. The maximum Gasteiger partial charge on any atom is 0.328 e. The molecule has 2 aromatic carbocycles. The largest absolute Gasteiger partial charge is 0.497 e. The lowest BCUT2D eigenvalue weighted by molar-refractivity contribution is -0.123. The van der Waals surface area contributed by atoms with Crippen LogP contribution in [0.15, 0.2) is 60.3 Å². The summed E-state index contributed by atoms with van der Waals surface area (Å²) in [5, 5.41) is 8.86. The van der Waals surface area contributed by atoms with E-state index in [0.717, 1.165) is 16.8 Å². The van der Waals surface area contributed by atoms with Crippen molar-refractivity contribution in [2.75, 3.05) is 7.11 Å². The number of methoxy groups -OCH3 is 1. The number of carbonyl (C=O) groups is 3. The highest BCUT2D eigenvalue weighted by molar-refractivity contribution is 6.31. The fourth-order valence-corrected chi connectivity index (χ4v) is 3.21. The highest BCUT2D eigenvalue weighted by Crippen LogP contribution is 2.30. The first kappa shape index (κ1) is 19.1. The van der Waals surface area contributed by atoms with Gasteiger partial charge in [-0.15, -0.1) is 0 Å². The summed E-state index contributed by atoms with van der Waals surface area (Å²) in [7, 11) is 1.59. The van der Waals surface area contributed by atoms with Crippen LogP contribution in [-0.4, -0.2) is 34.7 Å². The summed E-state index contributed by atoms with van der Waals surface area (Å²) < 4.78 is 6.95. The fraction of sp³-hybridized carbons (Fsp3) is 0.0909. The number of hydrogen-bond acceptors (Lipinski definition) is 5. The van der Waals surface area contributed by atoms with Crippen molar-refractivity contribution in [1.82, 2.24) is 20.4 Å². The van der Waals surface area contributed by atoms with Gasteiger partial charge in [0.15, 0.2) is 0 Å². The number of amides is 4. The molecule has 4 rings (SSSR count). The molecule has 0 saturated carbocycles. The molecule has 150 valence electrons. The summed E-state index contributed by atoms with van der Waals surface area (Å²) in [6.45, 7) is 1.93. The Morgan fingerprint density at radius 2 is 1.70 bits per heavy atom. The van der Waals surface area contributed by atoms with E-state index in [1.54, 1.807) is 18.0 Å². The number of nitrogens with one attached hydrogen (secondary N) is 2. The van der Waals surface area contributed by atoms with Gasteiger partial charge in [0.25, 0.3) is 11.8 Å². The molecular formula is C22H18N4O4. The van der Waals surface area contributed by atoms with E-state index in [0.29, 0.717) is 17.0 Å². The van der Waals surface area contributed by atoms with Crippen molar-refractivity contribution in [3.8, 4) is 22.7 Å². The molecule has 0 radical (unpaired) electrons. The number of aromatic nitrogens is 2. The molecule has 0 bridgehead atoms. The van der Waals surface area contributed by atoms with E-state index in [1.165, 1.54) is 6.08 Å². The topological polar surface area (TPSA) is 102 Å². The van der Waals surface area contributed by atoms with Gasteiger partial charge in [-0.3, -0.25) is 20.2 Å². The van der Waals surface area contributed by atoms with Crippen LogP contribution in [0.25, 0.3) is 23.0 Å². The molecule has 1 aliphatic rings. The van der Waals surface area contributed by atoms with Crippen LogP contribution in [0.1, 0.15) is 11.1 Å². The minimum absolute atomic E-state index is 0.172. The molecular weight excluding hydrogens is 384 g/mol. The van der Waals surface area contributed by atoms with Gasteiger partial charge in [0.2, 0.25) is 0 Å². The molecule has 0 atom stereocenters. The normalized spacial score (nSPS) is 13.7. The van der Waals surface area contributed by atoms with Crippen LogP contribution in [0, 0.1) is 6.92 Å². The summed E-state index contributed by atoms with van der Waals surface area (Å²) >= 11 is 0. The zero-order valence-electron chi connectivity index (χ0n) is 16.3. The fourth-order valence-electron chi connectivity index (χ4n) is 3.21. The number of carbonyl (C=O) groups excluding carboxylic acids is 3. The molecule has 8 nitrogen and oxygen atoms in total. The Kier molecular flexibility index (Phi) is 4.89. The number of urea groups is 1. The zero-order chi connectivity index (χ0) is 21.3. The van der Waals surface area contributed by atoms with E-state index in [1.807, 2.05) is 55.5 Å². The number of barbiturate groups is 1. The van der Waals surface area contributed by atoms with Crippen LogP contribution >= 0.6 is 0 Å². The number of ether oxygens (including phenoxy) is 1. The van der Waals surface area contributed by atoms with Gasteiger partial charge in [0, 0.05) is 17.3 Å². The SMILES string of the molecule is COc1ccc(-c2nn(-c3ccccc3)cc2C=C2C(=O)NC(=O)NC2=O)c(C)c1. The van der Waals surface area contributed by atoms with Gasteiger partial charge >= 0.3 is 6.03 Å². The number of benzene rings is 2. The van der Waals surface area contributed by atoms with Crippen LogP contribution in [-0.2, 0) is 9.59 Å². The third-order valence-corrected chi connectivity index (χ3v) is 4.70.